The lowest BCUT2D eigenvalue weighted by Crippen LogP contribution is -2.42. The third-order valence-electron chi connectivity index (χ3n) is 1.33. The maximum atomic E-state index is 9.12. The highest BCUT2D eigenvalue weighted by atomic mass is 16.6. The molecule has 0 spiro atoms. The molecular weight excluding hydrogens is 104 g/mol. The molecule has 1 N–H and O–H groups in total. The van der Waals surface area contributed by atoms with Crippen LogP contribution in [0.15, 0.2) is 12.7 Å². The Bertz CT molecular complexity index is 94.7. The fourth-order valence-corrected chi connectivity index (χ4v) is 0.724. The van der Waals surface area contributed by atoms with E-state index in [2.05, 4.69) is 6.58 Å². The highest BCUT2D eigenvalue weighted by Gasteiger charge is 2.33. The number of aliphatic hydroxyl groups is 1. The molecule has 1 atom stereocenters. The smallest absolute Gasteiger partial charge is 0.171 e. The molecule has 0 aromatic carbocycles. The van der Waals surface area contributed by atoms with Gasteiger partial charge in [0.15, 0.2) is 5.79 Å². The zero-order valence-corrected chi connectivity index (χ0v) is 4.76. The molecule has 0 aromatic rings. The van der Waals surface area contributed by atoms with Gasteiger partial charge in [0.05, 0.1) is 6.61 Å². The molecule has 2 nitrogen and oxygen atoms in total. The summed E-state index contributed by atoms with van der Waals surface area (Å²) in [5.74, 6) is -0.845. The zero-order valence-electron chi connectivity index (χ0n) is 4.76. The first-order valence-electron chi connectivity index (χ1n) is 2.74. The van der Waals surface area contributed by atoms with Crippen LogP contribution < -0.4 is 0 Å². The van der Waals surface area contributed by atoms with Crippen LogP contribution in [-0.2, 0) is 4.74 Å². The van der Waals surface area contributed by atoms with Gasteiger partial charge in [-0.05, 0) is 0 Å². The molecule has 1 unspecified atom stereocenters. The van der Waals surface area contributed by atoms with Crippen LogP contribution in [0, 0.1) is 0 Å². The molecule has 0 bridgehead atoms. The Balaban J connectivity index is 2.29. The molecule has 0 radical (unpaired) electrons. The highest BCUT2D eigenvalue weighted by molar-refractivity contribution is 4.83. The summed E-state index contributed by atoms with van der Waals surface area (Å²) < 4.78 is 4.84. The Morgan fingerprint density at radius 1 is 1.88 bits per heavy atom. The molecule has 1 fully saturated rings. The Morgan fingerprint density at radius 2 is 2.50 bits per heavy atom. The first-order chi connectivity index (χ1) is 3.77. The van der Waals surface area contributed by atoms with Crippen LogP contribution in [0.1, 0.15) is 12.8 Å². The predicted octanol–water partition coefficient (Wildman–Crippen LogP) is 0.671. The van der Waals surface area contributed by atoms with Gasteiger partial charge in [0.2, 0.25) is 0 Å². The lowest BCUT2D eigenvalue weighted by Gasteiger charge is -2.35. The Labute approximate surface area is 48.8 Å². The molecular formula is C6H10O2. The molecule has 1 aliphatic rings. The molecule has 1 rings (SSSR count). The molecule has 0 aliphatic carbocycles. The van der Waals surface area contributed by atoms with E-state index >= 15 is 0 Å². The number of hydrogen-bond donors (Lipinski definition) is 1. The summed E-state index contributed by atoms with van der Waals surface area (Å²) in [6.45, 7) is 4.17. The normalized spacial score (nSPS) is 36.1. The number of rotatable bonds is 2. The summed E-state index contributed by atoms with van der Waals surface area (Å²) in [6, 6.07) is 0. The van der Waals surface area contributed by atoms with Gasteiger partial charge in [-0.15, -0.1) is 6.58 Å². The summed E-state index contributed by atoms with van der Waals surface area (Å²) in [6.07, 6.45) is 2.96. The van der Waals surface area contributed by atoms with Gasteiger partial charge in [-0.3, -0.25) is 0 Å². The van der Waals surface area contributed by atoms with Crippen LogP contribution in [0.4, 0.5) is 0 Å². The highest BCUT2D eigenvalue weighted by Crippen LogP contribution is 2.26. The maximum absolute atomic E-state index is 9.12. The second-order valence-corrected chi connectivity index (χ2v) is 2.04. The lowest BCUT2D eigenvalue weighted by molar-refractivity contribution is -0.278. The van der Waals surface area contributed by atoms with Gasteiger partial charge in [-0.2, -0.15) is 0 Å². The van der Waals surface area contributed by atoms with Gasteiger partial charge in [-0.1, -0.05) is 6.08 Å². The summed E-state index contributed by atoms with van der Waals surface area (Å²) in [5, 5.41) is 9.12. The molecule has 1 aliphatic heterocycles. The predicted molar refractivity (Wildman–Crippen MR) is 30.3 cm³/mol. The van der Waals surface area contributed by atoms with Gasteiger partial charge < -0.3 is 9.84 Å². The standard InChI is InChI=1S/C6H10O2/c1-2-3-6(7)4-5-8-6/h2,7H,1,3-5H2. The van der Waals surface area contributed by atoms with E-state index in [1.54, 1.807) is 6.08 Å². The topological polar surface area (TPSA) is 29.5 Å². The van der Waals surface area contributed by atoms with E-state index in [0.717, 1.165) is 6.42 Å². The number of ether oxygens (including phenoxy) is 1. The quantitative estimate of drug-likeness (QED) is 0.535. The SMILES string of the molecule is C=CCC1(O)CCO1. The minimum atomic E-state index is -0.845. The Morgan fingerprint density at radius 3 is 2.62 bits per heavy atom. The van der Waals surface area contributed by atoms with Crippen molar-refractivity contribution in [1.82, 2.24) is 0 Å². The van der Waals surface area contributed by atoms with Crippen molar-refractivity contribution in [3.05, 3.63) is 12.7 Å². The average Bonchev–Trinajstić information content (AvgIpc) is 1.64. The van der Waals surface area contributed by atoms with Gasteiger partial charge in [0.1, 0.15) is 0 Å². The first kappa shape index (κ1) is 5.79. The maximum Gasteiger partial charge on any atom is 0.171 e. The van der Waals surface area contributed by atoms with Crippen molar-refractivity contribution < 1.29 is 9.84 Å². The van der Waals surface area contributed by atoms with Crippen molar-refractivity contribution in [3.8, 4) is 0 Å². The van der Waals surface area contributed by atoms with Crippen molar-refractivity contribution in [2.75, 3.05) is 6.61 Å². The molecule has 46 valence electrons. The molecule has 2 heteroatoms. The van der Waals surface area contributed by atoms with Gasteiger partial charge in [-0.25, -0.2) is 0 Å². The van der Waals surface area contributed by atoms with E-state index in [9.17, 15) is 0 Å². The second kappa shape index (κ2) is 1.88. The summed E-state index contributed by atoms with van der Waals surface area (Å²) >= 11 is 0. The largest absolute Gasteiger partial charge is 0.365 e. The van der Waals surface area contributed by atoms with Crippen molar-refractivity contribution in [1.29, 1.82) is 0 Å². The van der Waals surface area contributed by atoms with E-state index in [4.69, 9.17) is 9.84 Å². The van der Waals surface area contributed by atoms with E-state index in [1.807, 2.05) is 0 Å². The molecule has 8 heavy (non-hydrogen) atoms. The molecule has 0 aromatic heterocycles. The van der Waals surface area contributed by atoms with E-state index in [-0.39, 0.29) is 0 Å². The second-order valence-electron chi connectivity index (χ2n) is 2.04. The Hall–Kier alpha value is -0.340. The average molecular weight is 114 g/mol. The fourth-order valence-electron chi connectivity index (χ4n) is 0.724. The number of hydrogen-bond acceptors (Lipinski definition) is 2. The van der Waals surface area contributed by atoms with Crippen LogP contribution in [0.5, 0.6) is 0 Å². The molecule has 1 saturated heterocycles. The van der Waals surface area contributed by atoms with Crippen molar-refractivity contribution in [3.63, 3.8) is 0 Å². The first-order valence-corrected chi connectivity index (χ1v) is 2.74. The van der Waals surface area contributed by atoms with Crippen LogP contribution >= 0.6 is 0 Å². The fraction of sp³-hybridized carbons (Fsp3) is 0.667. The monoisotopic (exact) mass is 114 g/mol. The zero-order chi connectivity index (χ0) is 6.04. The molecule has 0 amide bonds. The van der Waals surface area contributed by atoms with Gasteiger partial charge >= 0.3 is 0 Å². The Kier molecular flexibility index (Phi) is 1.36. The minimum absolute atomic E-state index is 0.549. The third-order valence-corrected chi connectivity index (χ3v) is 1.33. The van der Waals surface area contributed by atoms with Crippen molar-refractivity contribution in [2.24, 2.45) is 0 Å². The van der Waals surface area contributed by atoms with Crippen LogP contribution in [0.2, 0.25) is 0 Å². The minimum Gasteiger partial charge on any atom is -0.365 e. The van der Waals surface area contributed by atoms with E-state index < -0.39 is 5.79 Å². The van der Waals surface area contributed by atoms with E-state index in [0.29, 0.717) is 13.0 Å². The summed E-state index contributed by atoms with van der Waals surface area (Å²) in [7, 11) is 0. The van der Waals surface area contributed by atoms with Crippen LogP contribution in [-0.4, -0.2) is 17.5 Å². The lowest BCUT2D eigenvalue weighted by atomic mass is 10.1. The summed E-state index contributed by atoms with van der Waals surface area (Å²) in [5.41, 5.74) is 0. The van der Waals surface area contributed by atoms with Crippen LogP contribution in [0.3, 0.4) is 0 Å². The van der Waals surface area contributed by atoms with Gasteiger partial charge in [0, 0.05) is 12.8 Å². The third kappa shape index (κ3) is 0.904. The van der Waals surface area contributed by atoms with Crippen molar-refractivity contribution >= 4 is 0 Å². The van der Waals surface area contributed by atoms with Crippen molar-refractivity contribution in [2.45, 2.75) is 18.6 Å². The van der Waals surface area contributed by atoms with E-state index in [1.165, 1.54) is 0 Å². The molecule has 0 saturated carbocycles. The van der Waals surface area contributed by atoms with Gasteiger partial charge in [0.25, 0.3) is 0 Å². The summed E-state index contributed by atoms with van der Waals surface area (Å²) in [4.78, 5) is 0. The molecule has 1 heterocycles. The van der Waals surface area contributed by atoms with Crippen LogP contribution in [0.25, 0.3) is 0 Å².